The smallest absolute Gasteiger partial charge is 0.286 e. The summed E-state index contributed by atoms with van der Waals surface area (Å²) in [4.78, 5) is 23.7. The van der Waals surface area contributed by atoms with Crippen LogP contribution in [0.15, 0.2) is 12.1 Å². The zero-order valence-corrected chi connectivity index (χ0v) is 11.5. The van der Waals surface area contributed by atoms with Crippen molar-refractivity contribution in [3.05, 3.63) is 27.8 Å². The van der Waals surface area contributed by atoms with Gasteiger partial charge in [-0.1, -0.05) is 0 Å². The third-order valence-corrected chi connectivity index (χ3v) is 2.71. The van der Waals surface area contributed by atoms with Gasteiger partial charge in [0.1, 0.15) is 5.56 Å². The van der Waals surface area contributed by atoms with Crippen molar-refractivity contribution in [2.75, 3.05) is 34.4 Å². The predicted octanol–water partition coefficient (Wildman–Crippen LogP) is 0.676. The van der Waals surface area contributed by atoms with Crippen LogP contribution in [-0.2, 0) is 0 Å². The number of aliphatic hydroxyl groups excluding tert-OH is 1. The maximum absolute atomic E-state index is 12.1. The first-order chi connectivity index (χ1) is 9.46. The molecule has 0 bridgehead atoms. The highest BCUT2D eigenvalue weighted by atomic mass is 16.6. The zero-order chi connectivity index (χ0) is 15.3. The molecule has 1 N–H and O–H groups in total. The standard InChI is InChI=1S/C12H16N2O6/c1-13(4-5-15)12(16)8-6-10(19-2)11(20-3)7-9(8)14(17)18/h6-7,15H,4-5H2,1-3H3. The average molecular weight is 284 g/mol. The fourth-order valence-corrected chi connectivity index (χ4v) is 1.65. The van der Waals surface area contributed by atoms with Gasteiger partial charge in [0.15, 0.2) is 11.5 Å². The number of likely N-dealkylation sites (N-methyl/N-ethyl adjacent to an activating group) is 1. The SMILES string of the molecule is COc1cc(C(=O)N(C)CCO)c([N+](=O)[O-])cc1OC. The van der Waals surface area contributed by atoms with Crippen LogP contribution in [0.2, 0.25) is 0 Å². The molecule has 20 heavy (non-hydrogen) atoms. The van der Waals surface area contributed by atoms with Gasteiger partial charge in [-0.25, -0.2) is 0 Å². The molecule has 0 aliphatic heterocycles. The fraction of sp³-hybridized carbons (Fsp3) is 0.417. The molecule has 0 saturated heterocycles. The number of amides is 1. The lowest BCUT2D eigenvalue weighted by Crippen LogP contribution is -2.30. The Bertz CT molecular complexity index is 517. The number of nitro benzene ring substituents is 1. The molecular formula is C12H16N2O6. The largest absolute Gasteiger partial charge is 0.493 e. The van der Waals surface area contributed by atoms with Crippen molar-refractivity contribution in [2.45, 2.75) is 0 Å². The molecular weight excluding hydrogens is 268 g/mol. The average Bonchev–Trinajstić information content (AvgIpc) is 2.44. The van der Waals surface area contributed by atoms with E-state index in [2.05, 4.69) is 0 Å². The number of carbonyl (C=O) groups is 1. The highest BCUT2D eigenvalue weighted by Gasteiger charge is 2.26. The van der Waals surface area contributed by atoms with Crippen LogP contribution in [0.5, 0.6) is 11.5 Å². The van der Waals surface area contributed by atoms with E-state index in [4.69, 9.17) is 14.6 Å². The number of nitrogens with zero attached hydrogens (tertiary/aromatic N) is 2. The number of benzene rings is 1. The van der Waals surface area contributed by atoms with Crippen LogP contribution in [0.4, 0.5) is 5.69 Å². The van der Waals surface area contributed by atoms with E-state index in [1.54, 1.807) is 0 Å². The molecule has 1 amide bonds. The fourth-order valence-electron chi connectivity index (χ4n) is 1.65. The molecule has 110 valence electrons. The lowest BCUT2D eigenvalue weighted by atomic mass is 10.1. The van der Waals surface area contributed by atoms with Gasteiger partial charge in [0.2, 0.25) is 0 Å². The second-order valence-electron chi connectivity index (χ2n) is 3.93. The van der Waals surface area contributed by atoms with Gasteiger partial charge in [0.05, 0.1) is 31.8 Å². The molecule has 1 aromatic rings. The van der Waals surface area contributed by atoms with E-state index in [0.717, 1.165) is 6.07 Å². The molecule has 0 aliphatic carbocycles. The minimum atomic E-state index is -0.665. The first-order valence-electron chi connectivity index (χ1n) is 5.73. The Balaban J connectivity index is 3.35. The number of nitro groups is 1. The third-order valence-electron chi connectivity index (χ3n) is 2.71. The van der Waals surface area contributed by atoms with Crippen molar-refractivity contribution in [2.24, 2.45) is 0 Å². The van der Waals surface area contributed by atoms with Crippen LogP contribution in [-0.4, -0.2) is 55.3 Å². The molecule has 8 heteroatoms. The van der Waals surface area contributed by atoms with Crippen molar-refractivity contribution in [3.63, 3.8) is 0 Å². The van der Waals surface area contributed by atoms with Crippen LogP contribution in [0.1, 0.15) is 10.4 Å². The van der Waals surface area contributed by atoms with E-state index in [0.29, 0.717) is 0 Å². The number of methoxy groups -OCH3 is 2. The second-order valence-corrected chi connectivity index (χ2v) is 3.93. The van der Waals surface area contributed by atoms with E-state index in [1.807, 2.05) is 0 Å². The van der Waals surface area contributed by atoms with Gasteiger partial charge < -0.3 is 19.5 Å². The van der Waals surface area contributed by atoms with Crippen molar-refractivity contribution in [1.29, 1.82) is 0 Å². The normalized spacial score (nSPS) is 10.0. The van der Waals surface area contributed by atoms with Gasteiger partial charge >= 0.3 is 0 Å². The summed E-state index contributed by atoms with van der Waals surface area (Å²) in [6.07, 6.45) is 0. The molecule has 0 radical (unpaired) electrons. The minimum absolute atomic E-state index is 0.0737. The van der Waals surface area contributed by atoms with Gasteiger partial charge in [-0.15, -0.1) is 0 Å². The summed E-state index contributed by atoms with van der Waals surface area (Å²) in [6, 6.07) is 2.39. The first-order valence-corrected chi connectivity index (χ1v) is 5.73. The Kier molecular flexibility index (Phi) is 5.27. The van der Waals surface area contributed by atoms with E-state index in [1.165, 1.54) is 32.2 Å². The molecule has 1 rings (SSSR count). The number of aliphatic hydroxyl groups is 1. The van der Waals surface area contributed by atoms with Crippen LogP contribution in [0.25, 0.3) is 0 Å². The molecule has 1 aromatic carbocycles. The number of hydrogen-bond acceptors (Lipinski definition) is 6. The predicted molar refractivity (Wildman–Crippen MR) is 70.2 cm³/mol. The van der Waals surface area contributed by atoms with Crippen LogP contribution in [0.3, 0.4) is 0 Å². The van der Waals surface area contributed by atoms with E-state index in [9.17, 15) is 14.9 Å². The number of ether oxygens (including phenoxy) is 2. The summed E-state index contributed by atoms with van der Waals surface area (Å²) in [6.45, 7) is -0.159. The highest BCUT2D eigenvalue weighted by molar-refractivity contribution is 5.99. The Morgan fingerprint density at radius 2 is 1.90 bits per heavy atom. The first kappa shape index (κ1) is 15.7. The monoisotopic (exact) mass is 284 g/mol. The van der Waals surface area contributed by atoms with Crippen molar-refractivity contribution in [3.8, 4) is 11.5 Å². The zero-order valence-electron chi connectivity index (χ0n) is 11.5. The quantitative estimate of drug-likeness (QED) is 0.608. The van der Waals surface area contributed by atoms with Crippen LogP contribution in [0, 0.1) is 10.1 Å². The summed E-state index contributed by atoms with van der Waals surface area (Å²) in [7, 11) is 4.16. The third kappa shape index (κ3) is 3.15. The summed E-state index contributed by atoms with van der Waals surface area (Å²) >= 11 is 0. The highest BCUT2D eigenvalue weighted by Crippen LogP contribution is 2.34. The summed E-state index contributed by atoms with van der Waals surface area (Å²) in [5.41, 5.74) is -0.499. The van der Waals surface area contributed by atoms with E-state index >= 15 is 0 Å². The minimum Gasteiger partial charge on any atom is -0.493 e. The summed E-state index contributed by atoms with van der Waals surface area (Å²) < 4.78 is 10.0. The number of carbonyl (C=O) groups excluding carboxylic acids is 1. The van der Waals surface area contributed by atoms with Gasteiger partial charge in [-0.3, -0.25) is 14.9 Å². The molecule has 0 heterocycles. The molecule has 0 saturated carbocycles. The summed E-state index contributed by atoms with van der Waals surface area (Å²) in [5, 5.41) is 19.9. The van der Waals surface area contributed by atoms with Gasteiger partial charge in [0.25, 0.3) is 11.6 Å². The van der Waals surface area contributed by atoms with Gasteiger partial charge in [0, 0.05) is 19.7 Å². The maximum Gasteiger partial charge on any atom is 0.286 e. The van der Waals surface area contributed by atoms with Crippen molar-refractivity contribution >= 4 is 11.6 Å². The molecule has 8 nitrogen and oxygen atoms in total. The molecule has 0 atom stereocenters. The molecule has 0 spiro atoms. The Morgan fingerprint density at radius 1 is 1.35 bits per heavy atom. The number of hydrogen-bond donors (Lipinski definition) is 1. The Hall–Kier alpha value is -2.35. The van der Waals surface area contributed by atoms with E-state index in [-0.39, 0.29) is 35.9 Å². The van der Waals surface area contributed by atoms with E-state index < -0.39 is 10.8 Å². The number of rotatable bonds is 6. The summed E-state index contributed by atoms with van der Waals surface area (Å²) in [5.74, 6) is -0.189. The lowest BCUT2D eigenvalue weighted by Gasteiger charge is -2.17. The lowest BCUT2D eigenvalue weighted by molar-refractivity contribution is -0.385. The Morgan fingerprint density at radius 3 is 2.35 bits per heavy atom. The molecule has 0 aromatic heterocycles. The van der Waals surface area contributed by atoms with Crippen LogP contribution >= 0.6 is 0 Å². The van der Waals surface area contributed by atoms with Crippen LogP contribution < -0.4 is 9.47 Å². The van der Waals surface area contributed by atoms with Crippen molar-refractivity contribution in [1.82, 2.24) is 4.90 Å². The van der Waals surface area contributed by atoms with Gasteiger partial charge in [-0.05, 0) is 0 Å². The molecule has 0 unspecified atom stereocenters. The topological polar surface area (TPSA) is 102 Å². The molecule has 0 fully saturated rings. The maximum atomic E-state index is 12.1. The van der Waals surface area contributed by atoms with Crippen molar-refractivity contribution < 1.29 is 24.3 Å². The molecule has 0 aliphatic rings. The second kappa shape index (κ2) is 6.71. The Labute approximate surface area is 115 Å². The van der Waals surface area contributed by atoms with Gasteiger partial charge in [-0.2, -0.15) is 0 Å².